The first-order valence-corrected chi connectivity index (χ1v) is 3.50. The topological polar surface area (TPSA) is 3.88 Å². The second kappa shape index (κ2) is 3.13. The fourth-order valence-corrected chi connectivity index (χ4v) is 0.844. The van der Waals surface area contributed by atoms with Crippen LogP contribution in [-0.2, 0) is 6.54 Å². The predicted molar refractivity (Wildman–Crippen MR) is 37.4 cm³/mol. The standard InChI is InChI=1S/C8H9F3N/c1-7-2-4-12(5-3-7)6-8(9,10)11/h2-5H,6H2,1H3/q+1. The molecule has 0 atom stereocenters. The van der Waals surface area contributed by atoms with Gasteiger partial charge in [0.15, 0.2) is 12.4 Å². The maximum Gasteiger partial charge on any atom is 0.448 e. The van der Waals surface area contributed by atoms with Crippen LogP contribution in [0.4, 0.5) is 13.2 Å². The number of hydrogen-bond donors (Lipinski definition) is 0. The van der Waals surface area contributed by atoms with Gasteiger partial charge >= 0.3 is 6.18 Å². The Balaban J connectivity index is 2.71. The first kappa shape index (κ1) is 9.03. The van der Waals surface area contributed by atoms with Crippen molar-refractivity contribution < 1.29 is 17.7 Å². The third kappa shape index (κ3) is 2.90. The van der Waals surface area contributed by atoms with E-state index in [4.69, 9.17) is 0 Å². The average molecular weight is 176 g/mol. The van der Waals surface area contributed by atoms with Gasteiger partial charge in [0.05, 0.1) is 0 Å². The van der Waals surface area contributed by atoms with Crippen molar-refractivity contribution in [2.45, 2.75) is 19.6 Å². The predicted octanol–water partition coefficient (Wildman–Crippen LogP) is 1.84. The molecule has 0 aliphatic rings. The first-order chi connectivity index (χ1) is 5.47. The molecule has 0 amide bonds. The van der Waals surface area contributed by atoms with Crippen LogP contribution in [0.2, 0.25) is 0 Å². The van der Waals surface area contributed by atoms with Gasteiger partial charge in [-0.15, -0.1) is 0 Å². The Morgan fingerprint density at radius 3 is 2.17 bits per heavy atom. The summed E-state index contributed by atoms with van der Waals surface area (Å²) in [5, 5.41) is 0. The molecular weight excluding hydrogens is 167 g/mol. The van der Waals surface area contributed by atoms with Crippen LogP contribution < -0.4 is 4.57 Å². The molecule has 0 aliphatic heterocycles. The zero-order chi connectivity index (χ0) is 9.19. The quantitative estimate of drug-likeness (QED) is 0.575. The van der Waals surface area contributed by atoms with Gasteiger partial charge in [-0.1, -0.05) is 0 Å². The van der Waals surface area contributed by atoms with Crippen molar-refractivity contribution in [2.24, 2.45) is 0 Å². The Kier molecular flexibility index (Phi) is 2.35. The number of aryl methyl sites for hydroxylation is 1. The van der Waals surface area contributed by atoms with Crippen molar-refractivity contribution in [2.75, 3.05) is 0 Å². The molecule has 0 spiro atoms. The number of hydrogen-bond acceptors (Lipinski definition) is 0. The van der Waals surface area contributed by atoms with Crippen LogP contribution in [0, 0.1) is 6.92 Å². The van der Waals surface area contributed by atoms with E-state index in [1.807, 2.05) is 6.92 Å². The Morgan fingerprint density at radius 1 is 1.25 bits per heavy atom. The number of pyridine rings is 1. The molecule has 1 nitrogen and oxygen atoms in total. The monoisotopic (exact) mass is 176 g/mol. The maximum atomic E-state index is 11.8. The van der Waals surface area contributed by atoms with E-state index in [2.05, 4.69) is 0 Å². The Labute approximate surface area is 68.5 Å². The van der Waals surface area contributed by atoms with E-state index in [-0.39, 0.29) is 0 Å². The second-order valence-electron chi connectivity index (χ2n) is 2.66. The summed E-state index contributed by atoms with van der Waals surface area (Å²) in [5.74, 6) is 0. The second-order valence-corrected chi connectivity index (χ2v) is 2.66. The summed E-state index contributed by atoms with van der Waals surface area (Å²) in [6.45, 7) is 0.908. The van der Waals surface area contributed by atoms with E-state index in [1.54, 1.807) is 12.1 Å². The van der Waals surface area contributed by atoms with Gasteiger partial charge in [-0.05, 0) is 12.5 Å². The molecule has 4 heteroatoms. The maximum absolute atomic E-state index is 11.8. The third-order valence-corrected chi connectivity index (χ3v) is 1.42. The minimum atomic E-state index is -4.14. The Hall–Kier alpha value is -1.06. The number of aromatic nitrogens is 1. The van der Waals surface area contributed by atoms with Crippen LogP contribution in [-0.4, -0.2) is 6.18 Å². The molecule has 1 heterocycles. The molecular formula is C8H9F3N+. The number of halogens is 3. The van der Waals surface area contributed by atoms with E-state index < -0.39 is 12.7 Å². The Morgan fingerprint density at radius 2 is 1.75 bits per heavy atom. The summed E-state index contributed by atoms with van der Waals surface area (Å²) in [6.07, 6.45) is -1.30. The van der Waals surface area contributed by atoms with Gasteiger partial charge in [-0.2, -0.15) is 17.7 Å². The summed E-state index contributed by atoms with van der Waals surface area (Å²) in [4.78, 5) is 0. The molecule has 0 saturated heterocycles. The smallest absolute Gasteiger partial charge is 0.196 e. The zero-order valence-corrected chi connectivity index (χ0v) is 6.60. The summed E-state index contributed by atoms with van der Waals surface area (Å²) in [7, 11) is 0. The summed E-state index contributed by atoms with van der Waals surface area (Å²) < 4.78 is 36.6. The van der Waals surface area contributed by atoms with Crippen molar-refractivity contribution in [3.8, 4) is 0 Å². The lowest BCUT2D eigenvalue weighted by Gasteiger charge is -2.01. The van der Waals surface area contributed by atoms with E-state index in [0.29, 0.717) is 0 Å². The van der Waals surface area contributed by atoms with Crippen LogP contribution in [0.5, 0.6) is 0 Å². The molecule has 0 unspecified atom stereocenters. The van der Waals surface area contributed by atoms with Gasteiger partial charge < -0.3 is 0 Å². The van der Waals surface area contributed by atoms with Crippen molar-refractivity contribution >= 4 is 0 Å². The molecule has 66 valence electrons. The fraction of sp³-hybridized carbons (Fsp3) is 0.375. The molecule has 0 aliphatic carbocycles. The van der Waals surface area contributed by atoms with E-state index in [0.717, 1.165) is 10.1 Å². The minimum Gasteiger partial charge on any atom is -0.196 e. The summed E-state index contributed by atoms with van der Waals surface area (Å²) in [5.41, 5.74) is 0.952. The fourth-order valence-electron chi connectivity index (χ4n) is 0.844. The van der Waals surface area contributed by atoms with Crippen LogP contribution in [0.15, 0.2) is 24.5 Å². The zero-order valence-electron chi connectivity index (χ0n) is 6.60. The average Bonchev–Trinajstić information content (AvgIpc) is 1.91. The van der Waals surface area contributed by atoms with E-state index in [1.165, 1.54) is 12.4 Å². The number of alkyl halides is 3. The normalized spacial score (nSPS) is 11.7. The highest BCUT2D eigenvalue weighted by molar-refractivity contribution is 5.03. The molecule has 0 N–H and O–H groups in total. The van der Waals surface area contributed by atoms with Crippen LogP contribution in [0.25, 0.3) is 0 Å². The van der Waals surface area contributed by atoms with Crippen LogP contribution >= 0.6 is 0 Å². The summed E-state index contributed by atoms with van der Waals surface area (Å²) in [6, 6.07) is 3.29. The Bertz CT molecular complexity index is 250. The highest BCUT2D eigenvalue weighted by Crippen LogP contribution is 2.13. The van der Waals surface area contributed by atoms with Gasteiger partial charge in [0, 0.05) is 12.1 Å². The van der Waals surface area contributed by atoms with Crippen LogP contribution in [0.1, 0.15) is 5.56 Å². The van der Waals surface area contributed by atoms with E-state index in [9.17, 15) is 13.2 Å². The van der Waals surface area contributed by atoms with Crippen molar-refractivity contribution in [1.29, 1.82) is 0 Å². The van der Waals surface area contributed by atoms with Gasteiger partial charge in [0.25, 0.3) is 0 Å². The number of nitrogens with zero attached hydrogens (tertiary/aromatic N) is 1. The molecule has 0 radical (unpaired) electrons. The van der Waals surface area contributed by atoms with Gasteiger partial charge in [0.2, 0.25) is 6.54 Å². The first-order valence-electron chi connectivity index (χ1n) is 3.50. The van der Waals surface area contributed by atoms with Crippen molar-refractivity contribution in [3.63, 3.8) is 0 Å². The van der Waals surface area contributed by atoms with Gasteiger partial charge in [-0.25, -0.2) is 0 Å². The lowest BCUT2D eigenvalue weighted by molar-refractivity contribution is -0.719. The lowest BCUT2D eigenvalue weighted by atomic mass is 10.3. The number of rotatable bonds is 1. The molecule has 1 aromatic heterocycles. The third-order valence-electron chi connectivity index (χ3n) is 1.42. The van der Waals surface area contributed by atoms with Crippen LogP contribution in [0.3, 0.4) is 0 Å². The van der Waals surface area contributed by atoms with E-state index >= 15 is 0 Å². The molecule has 0 fully saturated rings. The molecule has 0 bridgehead atoms. The lowest BCUT2D eigenvalue weighted by Crippen LogP contribution is -2.40. The SMILES string of the molecule is Cc1cc[n+](CC(F)(F)F)cc1. The molecule has 12 heavy (non-hydrogen) atoms. The molecule has 0 aromatic carbocycles. The van der Waals surface area contributed by atoms with Crippen molar-refractivity contribution in [1.82, 2.24) is 0 Å². The van der Waals surface area contributed by atoms with Crippen molar-refractivity contribution in [3.05, 3.63) is 30.1 Å². The van der Waals surface area contributed by atoms with Gasteiger partial charge in [-0.3, -0.25) is 0 Å². The minimum absolute atomic E-state index is 0.923. The molecule has 0 saturated carbocycles. The molecule has 1 rings (SSSR count). The largest absolute Gasteiger partial charge is 0.448 e. The van der Waals surface area contributed by atoms with Gasteiger partial charge in [0.1, 0.15) is 0 Å². The molecule has 1 aromatic rings. The summed E-state index contributed by atoms with van der Waals surface area (Å²) >= 11 is 0. The highest BCUT2D eigenvalue weighted by Gasteiger charge is 2.32. The highest BCUT2D eigenvalue weighted by atomic mass is 19.4.